The van der Waals surface area contributed by atoms with Gasteiger partial charge in [0.25, 0.3) is 0 Å². The van der Waals surface area contributed by atoms with E-state index in [2.05, 4.69) is 5.32 Å². The Morgan fingerprint density at radius 3 is 2.62 bits per heavy atom. The molecule has 0 heterocycles. The third kappa shape index (κ3) is 4.29. The van der Waals surface area contributed by atoms with Gasteiger partial charge in [0.15, 0.2) is 0 Å². The van der Waals surface area contributed by atoms with Gasteiger partial charge in [0, 0.05) is 31.4 Å². The summed E-state index contributed by atoms with van der Waals surface area (Å²) in [6.07, 6.45) is 0.384. The number of anilines is 2. The predicted octanol–water partition coefficient (Wildman–Crippen LogP) is 1.09. The zero-order valence-electron chi connectivity index (χ0n) is 9.56. The molecule has 0 aliphatic heterocycles. The van der Waals surface area contributed by atoms with Crippen LogP contribution in [0.5, 0.6) is 0 Å². The van der Waals surface area contributed by atoms with Crippen molar-refractivity contribution in [1.82, 2.24) is 5.06 Å². The second-order valence-electron chi connectivity index (χ2n) is 3.45. The normalized spacial score (nSPS) is 10.4. The molecule has 0 saturated carbocycles. The van der Waals surface area contributed by atoms with Crippen molar-refractivity contribution in [2.75, 3.05) is 31.8 Å². The van der Waals surface area contributed by atoms with Gasteiger partial charge in [-0.15, -0.1) is 0 Å². The van der Waals surface area contributed by atoms with Crippen molar-refractivity contribution in [3.8, 4) is 0 Å². The first-order valence-corrected chi connectivity index (χ1v) is 5.02. The van der Waals surface area contributed by atoms with Crippen LogP contribution in [0, 0.1) is 0 Å². The van der Waals surface area contributed by atoms with Crippen molar-refractivity contribution >= 4 is 17.3 Å². The topological polar surface area (TPSA) is 67.6 Å². The van der Waals surface area contributed by atoms with Crippen molar-refractivity contribution in [3.05, 3.63) is 24.3 Å². The van der Waals surface area contributed by atoms with Crippen molar-refractivity contribution in [2.45, 2.75) is 6.42 Å². The molecule has 1 amide bonds. The first-order valence-electron chi connectivity index (χ1n) is 5.02. The van der Waals surface area contributed by atoms with Gasteiger partial charge in [-0.25, -0.2) is 0 Å². The van der Waals surface area contributed by atoms with Crippen LogP contribution in [0.1, 0.15) is 6.42 Å². The molecule has 0 atom stereocenters. The van der Waals surface area contributed by atoms with Crippen LogP contribution in [-0.4, -0.2) is 31.7 Å². The minimum absolute atomic E-state index is 0.0475. The summed E-state index contributed by atoms with van der Waals surface area (Å²) in [5.41, 5.74) is 6.97. The van der Waals surface area contributed by atoms with Gasteiger partial charge in [0.2, 0.25) is 5.91 Å². The van der Waals surface area contributed by atoms with Crippen LogP contribution in [0.15, 0.2) is 24.3 Å². The number of nitrogens with two attached hydrogens (primary N) is 1. The lowest BCUT2D eigenvalue weighted by Crippen LogP contribution is -2.23. The average molecular weight is 223 g/mol. The van der Waals surface area contributed by atoms with E-state index in [-0.39, 0.29) is 5.91 Å². The van der Waals surface area contributed by atoms with Crippen molar-refractivity contribution < 1.29 is 9.63 Å². The van der Waals surface area contributed by atoms with Gasteiger partial charge >= 0.3 is 0 Å². The van der Waals surface area contributed by atoms with Crippen molar-refractivity contribution in [2.24, 2.45) is 0 Å². The fraction of sp³-hybridized carbons (Fsp3) is 0.364. The molecule has 0 aliphatic rings. The molecule has 0 unspecified atom stereocenters. The number of hydrogen-bond donors (Lipinski definition) is 2. The molecule has 0 radical (unpaired) electrons. The van der Waals surface area contributed by atoms with Gasteiger partial charge in [-0.2, -0.15) is 5.06 Å². The number of benzene rings is 1. The van der Waals surface area contributed by atoms with E-state index in [0.717, 1.165) is 5.69 Å². The summed E-state index contributed by atoms with van der Waals surface area (Å²) >= 11 is 0. The molecule has 1 aromatic carbocycles. The number of nitrogens with zero attached hydrogens (tertiary/aromatic N) is 1. The lowest BCUT2D eigenvalue weighted by molar-refractivity contribution is -0.126. The summed E-state index contributed by atoms with van der Waals surface area (Å²) in [5, 5.41) is 4.37. The minimum Gasteiger partial charge on any atom is -0.399 e. The number of carbonyl (C=O) groups is 1. The van der Waals surface area contributed by atoms with Gasteiger partial charge in [-0.05, 0) is 24.3 Å². The first kappa shape index (κ1) is 12.5. The maximum Gasteiger partial charge on any atom is 0.225 e. The summed E-state index contributed by atoms with van der Waals surface area (Å²) in [4.78, 5) is 16.4. The highest BCUT2D eigenvalue weighted by atomic mass is 16.7. The molecule has 5 nitrogen and oxygen atoms in total. The lowest BCUT2D eigenvalue weighted by atomic mass is 10.3. The van der Waals surface area contributed by atoms with Crippen LogP contribution < -0.4 is 11.1 Å². The third-order valence-electron chi connectivity index (χ3n) is 2.16. The maximum absolute atomic E-state index is 11.5. The number of rotatable bonds is 5. The Labute approximate surface area is 95.1 Å². The van der Waals surface area contributed by atoms with E-state index in [4.69, 9.17) is 10.6 Å². The van der Waals surface area contributed by atoms with Gasteiger partial charge in [0.1, 0.15) is 0 Å². The van der Waals surface area contributed by atoms with E-state index in [9.17, 15) is 4.79 Å². The van der Waals surface area contributed by atoms with Crippen LogP contribution in [0.25, 0.3) is 0 Å². The zero-order valence-corrected chi connectivity index (χ0v) is 9.56. The van der Waals surface area contributed by atoms with Gasteiger partial charge in [-0.3, -0.25) is 4.79 Å². The Bertz CT molecular complexity index is 338. The van der Waals surface area contributed by atoms with Crippen LogP contribution in [0.3, 0.4) is 0 Å². The van der Waals surface area contributed by atoms with Gasteiger partial charge in [-0.1, -0.05) is 0 Å². The smallest absolute Gasteiger partial charge is 0.225 e. The van der Waals surface area contributed by atoms with E-state index in [0.29, 0.717) is 18.7 Å². The Hall–Kier alpha value is -1.59. The van der Waals surface area contributed by atoms with Crippen molar-refractivity contribution in [1.29, 1.82) is 0 Å². The highest BCUT2D eigenvalue weighted by Crippen LogP contribution is 2.10. The molecule has 0 saturated heterocycles. The summed E-state index contributed by atoms with van der Waals surface area (Å²) < 4.78 is 0. The molecule has 0 fully saturated rings. The molecule has 16 heavy (non-hydrogen) atoms. The summed E-state index contributed by atoms with van der Waals surface area (Å²) in [6, 6.07) is 7.04. The number of carbonyl (C=O) groups excluding carboxylic acids is 1. The molecule has 5 heteroatoms. The highest BCUT2D eigenvalue weighted by Gasteiger charge is 2.04. The zero-order chi connectivity index (χ0) is 12.0. The third-order valence-corrected chi connectivity index (χ3v) is 2.16. The lowest BCUT2D eigenvalue weighted by Gasteiger charge is -2.12. The second kappa shape index (κ2) is 6.09. The average Bonchev–Trinajstić information content (AvgIpc) is 2.29. The monoisotopic (exact) mass is 223 g/mol. The molecule has 0 aromatic heterocycles. The van der Waals surface area contributed by atoms with Crippen molar-refractivity contribution in [3.63, 3.8) is 0 Å². The standard InChI is InChI=1S/C11H17N3O2/c1-14(16-2)8-7-11(15)13-10-5-3-9(12)4-6-10/h3-6H,7-8,12H2,1-2H3,(H,13,15). The molecule has 0 aliphatic carbocycles. The number of hydroxylamine groups is 2. The van der Waals surface area contributed by atoms with Crippen LogP contribution >= 0.6 is 0 Å². The Balaban J connectivity index is 2.37. The highest BCUT2D eigenvalue weighted by molar-refractivity contribution is 5.90. The Morgan fingerprint density at radius 1 is 1.44 bits per heavy atom. The fourth-order valence-electron chi connectivity index (χ4n) is 1.14. The molecule has 0 bridgehead atoms. The molecular formula is C11H17N3O2. The van der Waals surface area contributed by atoms with E-state index in [1.165, 1.54) is 0 Å². The van der Waals surface area contributed by atoms with E-state index in [1.54, 1.807) is 43.5 Å². The summed E-state index contributed by atoms with van der Waals surface area (Å²) in [6.45, 7) is 0.553. The predicted molar refractivity (Wildman–Crippen MR) is 63.7 cm³/mol. The maximum atomic E-state index is 11.5. The number of nitrogens with one attached hydrogen (secondary N) is 1. The van der Waals surface area contributed by atoms with E-state index >= 15 is 0 Å². The number of amides is 1. The van der Waals surface area contributed by atoms with Crippen LogP contribution in [0.4, 0.5) is 11.4 Å². The largest absolute Gasteiger partial charge is 0.399 e. The minimum atomic E-state index is -0.0475. The molecular weight excluding hydrogens is 206 g/mol. The molecule has 3 N–H and O–H groups in total. The quantitative estimate of drug-likeness (QED) is 0.579. The van der Waals surface area contributed by atoms with Crippen LogP contribution in [-0.2, 0) is 9.63 Å². The summed E-state index contributed by atoms with van der Waals surface area (Å²) in [7, 11) is 3.34. The van der Waals surface area contributed by atoms with E-state index < -0.39 is 0 Å². The van der Waals surface area contributed by atoms with Gasteiger partial charge < -0.3 is 15.9 Å². The van der Waals surface area contributed by atoms with E-state index in [1.807, 2.05) is 0 Å². The Morgan fingerprint density at radius 2 is 2.06 bits per heavy atom. The second-order valence-corrected chi connectivity index (χ2v) is 3.45. The molecule has 1 aromatic rings. The fourth-order valence-corrected chi connectivity index (χ4v) is 1.14. The molecule has 0 spiro atoms. The summed E-state index contributed by atoms with van der Waals surface area (Å²) in [5.74, 6) is -0.0475. The number of nitrogen functional groups attached to an aromatic ring is 1. The SMILES string of the molecule is CON(C)CCC(=O)Nc1ccc(N)cc1. The molecule has 1 rings (SSSR count). The molecule has 88 valence electrons. The van der Waals surface area contributed by atoms with Gasteiger partial charge in [0.05, 0.1) is 7.11 Å². The first-order chi connectivity index (χ1) is 7.61. The number of hydrogen-bond acceptors (Lipinski definition) is 4. The Kier molecular flexibility index (Phi) is 4.75. The van der Waals surface area contributed by atoms with Crippen LogP contribution in [0.2, 0.25) is 0 Å².